The van der Waals surface area contributed by atoms with Gasteiger partial charge in [0.15, 0.2) is 0 Å². The maximum atomic E-state index is 12.7. The highest BCUT2D eigenvalue weighted by Crippen LogP contribution is 2.22. The molecule has 0 atom stereocenters. The molecular weight excluding hydrogens is 432 g/mol. The molecule has 2 aromatic heterocycles. The van der Waals surface area contributed by atoms with Gasteiger partial charge in [-0.3, -0.25) is 4.79 Å². The summed E-state index contributed by atoms with van der Waals surface area (Å²) in [6, 6.07) is 10.3. The molecule has 29 heavy (non-hydrogen) atoms. The molecule has 0 N–H and O–H groups in total. The number of hydrogen-bond acceptors (Lipinski definition) is 8. The second kappa shape index (κ2) is 9.08. The van der Waals surface area contributed by atoms with E-state index in [1.54, 1.807) is 19.2 Å². The third kappa shape index (κ3) is 5.04. The van der Waals surface area contributed by atoms with Crippen molar-refractivity contribution in [3.05, 3.63) is 47.7 Å². The number of benzene rings is 1. The first-order valence-electron chi connectivity index (χ1n) is 8.52. The number of carbonyl (C=O) groups is 1. The number of hydrogen-bond donors (Lipinski definition) is 0. The smallest absolute Gasteiger partial charge is 0.246 e. The predicted octanol–water partition coefficient (Wildman–Crippen LogP) is 2.80. The topological polar surface area (TPSA) is 96.6 Å². The molecule has 2 heterocycles. The molecule has 0 saturated heterocycles. The number of rotatable bonds is 8. The van der Waals surface area contributed by atoms with Gasteiger partial charge in [-0.15, -0.1) is 23.1 Å². The molecule has 0 fully saturated rings. The van der Waals surface area contributed by atoms with Gasteiger partial charge in [-0.25, -0.2) is 8.42 Å². The molecule has 0 aliphatic heterocycles. The summed E-state index contributed by atoms with van der Waals surface area (Å²) in [5, 5.41) is 5.81. The molecule has 0 spiro atoms. The van der Waals surface area contributed by atoms with Crippen molar-refractivity contribution in [2.45, 2.75) is 16.3 Å². The Balaban J connectivity index is 1.62. The first kappa shape index (κ1) is 21.5. The minimum atomic E-state index is -3.76. The average Bonchev–Trinajstić information content (AvgIpc) is 3.39. The van der Waals surface area contributed by atoms with Gasteiger partial charge in [0.25, 0.3) is 0 Å². The van der Waals surface area contributed by atoms with E-state index in [4.69, 9.17) is 4.52 Å². The Labute approximate surface area is 177 Å². The molecule has 0 radical (unpaired) electrons. The number of nitrogens with zero attached hydrogens (tertiary/aromatic N) is 4. The molecule has 3 rings (SSSR count). The fourth-order valence-electron chi connectivity index (χ4n) is 2.44. The summed E-state index contributed by atoms with van der Waals surface area (Å²) in [5.74, 6) is 0.360. The molecule has 3 aromatic rings. The van der Waals surface area contributed by atoms with Gasteiger partial charge in [-0.2, -0.15) is 9.29 Å². The number of thioether (sulfide) groups is 1. The van der Waals surface area contributed by atoms with E-state index in [0.29, 0.717) is 5.82 Å². The highest BCUT2D eigenvalue weighted by atomic mass is 32.2. The average molecular weight is 453 g/mol. The monoisotopic (exact) mass is 452 g/mol. The number of thiophene rings is 1. The van der Waals surface area contributed by atoms with E-state index in [-0.39, 0.29) is 29.8 Å². The zero-order valence-corrected chi connectivity index (χ0v) is 18.6. The van der Waals surface area contributed by atoms with Crippen molar-refractivity contribution in [2.24, 2.45) is 0 Å². The van der Waals surface area contributed by atoms with Crippen LogP contribution in [0.1, 0.15) is 5.89 Å². The van der Waals surface area contributed by atoms with Crippen LogP contribution in [0.5, 0.6) is 0 Å². The third-order valence-corrected chi connectivity index (χ3v) is 7.56. The normalized spacial score (nSPS) is 11.7. The Morgan fingerprint density at radius 2 is 1.93 bits per heavy atom. The Kier molecular flexibility index (Phi) is 6.73. The molecule has 11 heteroatoms. The van der Waals surface area contributed by atoms with Crippen molar-refractivity contribution < 1.29 is 17.7 Å². The minimum absolute atomic E-state index is 0.0908. The van der Waals surface area contributed by atoms with Gasteiger partial charge in [0.05, 0.1) is 22.9 Å². The quantitative estimate of drug-likeness (QED) is 0.485. The van der Waals surface area contributed by atoms with Crippen LogP contribution in [0.25, 0.3) is 10.7 Å². The lowest BCUT2D eigenvalue weighted by atomic mass is 10.4. The van der Waals surface area contributed by atoms with Gasteiger partial charge in [0.1, 0.15) is 0 Å². The maximum absolute atomic E-state index is 12.7. The number of aromatic nitrogens is 2. The van der Waals surface area contributed by atoms with Crippen LogP contribution in [0.2, 0.25) is 0 Å². The Bertz CT molecular complexity index is 1060. The van der Waals surface area contributed by atoms with Crippen molar-refractivity contribution in [2.75, 3.05) is 26.9 Å². The zero-order chi connectivity index (χ0) is 21.0. The molecule has 154 valence electrons. The highest BCUT2D eigenvalue weighted by molar-refractivity contribution is 7.98. The van der Waals surface area contributed by atoms with E-state index in [2.05, 4.69) is 10.1 Å². The third-order valence-electron chi connectivity index (χ3n) is 4.13. The molecule has 1 amide bonds. The van der Waals surface area contributed by atoms with Gasteiger partial charge in [-0.05, 0) is 42.0 Å². The number of amides is 1. The number of sulfonamides is 1. The van der Waals surface area contributed by atoms with Crippen LogP contribution in [-0.2, 0) is 21.4 Å². The van der Waals surface area contributed by atoms with Crippen molar-refractivity contribution in [1.29, 1.82) is 0 Å². The second-order valence-electron chi connectivity index (χ2n) is 6.18. The summed E-state index contributed by atoms with van der Waals surface area (Å²) >= 11 is 3.01. The van der Waals surface area contributed by atoms with Gasteiger partial charge in [0, 0.05) is 19.0 Å². The van der Waals surface area contributed by atoms with Crippen LogP contribution < -0.4 is 0 Å². The van der Waals surface area contributed by atoms with Gasteiger partial charge in [-0.1, -0.05) is 11.2 Å². The maximum Gasteiger partial charge on any atom is 0.246 e. The van der Waals surface area contributed by atoms with E-state index in [1.165, 1.54) is 47.2 Å². The standard InChI is InChI=1S/C18H20N4O4S3/c1-21(11-16-19-18(20-26-16)15-5-4-10-28-15)17(23)12-22(2)29(24,25)14-8-6-13(27-3)7-9-14/h4-10H,11-12H2,1-3H3. The van der Waals surface area contributed by atoms with E-state index in [0.717, 1.165) is 14.1 Å². The Morgan fingerprint density at radius 1 is 1.21 bits per heavy atom. The second-order valence-corrected chi connectivity index (χ2v) is 10.0. The van der Waals surface area contributed by atoms with E-state index in [9.17, 15) is 13.2 Å². The SMILES string of the molecule is CSc1ccc(S(=O)(=O)N(C)CC(=O)N(C)Cc2nc(-c3cccs3)no2)cc1. The molecule has 0 unspecified atom stereocenters. The van der Waals surface area contributed by atoms with E-state index >= 15 is 0 Å². The van der Waals surface area contributed by atoms with Gasteiger partial charge < -0.3 is 9.42 Å². The largest absolute Gasteiger partial charge is 0.337 e. The summed E-state index contributed by atoms with van der Waals surface area (Å²) in [4.78, 5) is 20.1. The van der Waals surface area contributed by atoms with Crippen LogP contribution >= 0.6 is 23.1 Å². The fraction of sp³-hybridized carbons (Fsp3) is 0.278. The molecule has 0 saturated carbocycles. The first-order chi connectivity index (χ1) is 13.8. The highest BCUT2D eigenvalue weighted by Gasteiger charge is 2.25. The van der Waals surface area contributed by atoms with Gasteiger partial charge in [0.2, 0.25) is 27.6 Å². The van der Waals surface area contributed by atoms with Crippen molar-refractivity contribution >= 4 is 39.0 Å². The molecule has 1 aromatic carbocycles. The molecule has 8 nitrogen and oxygen atoms in total. The summed E-state index contributed by atoms with van der Waals surface area (Å²) in [6.45, 7) is -0.206. The zero-order valence-electron chi connectivity index (χ0n) is 16.1. The van der Waals surface area contributed by atoms with Crippen LogP contribution in [0, 0.1) is 0 Å². The van der Waals surface area contributed by atoms with E-state index in [1.807, 2.05) is 23.8 Å². The number of likely N-dealkylation sites (N-methyl/N-ethyl adjacent to an activating group) is 2. The molecular formula is C18H20N4O4S3. The lowest BCUT2D eigenvalue weighted by molar-refractivity contribution is -0.130. The summed E-state index contributed by atoms with van der Waals surface area (Å²) in [5.41, 5.74) is 0. The van der Waals surface area contributed by atoms with Crippen LogP contribution in [0.4, 0.5) is 0 Å². The van der Waals surface area contributed by atoms with Crippen LogP contribution in [0.3, 0.4) is 0 Å². The summed E-state index contributed by atoms with van der Waals surface area (Å²) < 4.78 is 31.6. The van der Waals surface area contributed by atoms with Crippen molar-refractivity contribution in [3.63, 3.8) is 0 Å². The molecule has 0 bridgehead atoms. The Morgan fingerprint density at radius 3 is 2.55 bits per heavy atom. The molecule has 0 aliphatic rings. The summed E-state index contributed by atoms with van der Waals surface area (Å²) in [7, 11) is -0.824. The Hall–Kier alpha value is -2.21. The number of carbonyl (C=O) groups excluding carboxylic acids is 1. The predicted molar refractivity (Wildman–Crippen MR) is 112 cm³/mol. The van der Waals surface area contributed by atoms with Crippen molar-refractivity contribution in [1.82, 2.24) is 19.3 Å². The first-order valence-corrected chi connectivity index (χ1v) is 12.1. The van der Waals surface area contributed by atoms with Crippen LogP contribution in [0.15, 0.2) is 56.1 Å². The van der Waals surface area contributed by atoms with Crippen molar-refractivity contribution in [3.8, 4) is 10.7 Å². The fourth-order valence-corrected chi connectivity index (χ4v) is 4.62. The summed E-state index contributed by atoms with van der Waals surface area (Å²) in [6.07, 6.45) is 1.91. The minimum Gasteiger partial charge on any atom is -0.337 e. The van der Waals surface area contributed by atoms with Crippen LogP contribution in [-0.4, -0.2) is 60.6 Å². The molecule has 0 aliphatic carbocycles. The van der Waals surface area contributed by atoms with Gasteiger partial charge >= 0.3 is 0 Å². The van der Waals surface area contributed by atoms with E-state index < -0.39 is 10.0 Å². The lowest BCUT2D eigenvalue weighted by Gasteiger charge is -2.20. The lowest BCUT2D eigenvalue weighted by Crippen LogP contribution is -2.39.